The molecule has 2 heterocycles. The monoisotopic (exact) mass is 260 g/mol. The maximum absolute atomic E-state index is 11.4. The zero-order valence-electron chi connectivity index (χ0n) is 7.64. The Morgan fingerprint density at radius 3 is 2.69 bits per heavy atom. The molecule has 2 N–H and O–H groups in total. The Labute approximate surface area is 93.9 Å². The number of rotatable bonds is 2. The molecule has 0 saturated heterocycles. The summed E-state index contributed by atoms with van der Waals surface area (Å²) in [6.45, 7) is 0. The summed E-state index contributed by atoms with van der Waals surface area (Å²) < 4.78 is 21.8. The summed E-state index contributed by atoms with van der Waals surface area (Å²) in [6, 6.07) is 1.28. The van der Waals surface area contributed by atoms with Gasteiger partial charge in [0.2, 0.25) is 0 Å². The molecule has 0 aliphatic carbocycles. The van der Waals surface area contributed by atoms with Gasteiger partial charge in [0.25, 0.3) is 14.2 Å². The van der Waals surface area contributed by atoms with Gasteiger partial charge in [0.15, 0.2) is 11.3 Å². The van der Waals surface area contributed by atoms with Crippen molar-refractivity contribution in [1.29, 1.82) is 0 Å². The standard InChI is InChI=1S/C7H5ClN4O3S/c8-16(14,15)7-10-6(11-12-7)4-3-9-2-1-5(4)13/h1-3H,(H,9,13)(H,10,11,12). The molecule has 7 nitrogen and oxygen atoms in total. The molecule has 2 aromatic rings. The first-order valence-electron chi connectivity index (χ1n) is 4.03. The van der Waals surface area contributed by atoms with Crippen LogP contribution in [-0.2, 0) is 9.05 Å². The summed E-state index contributed by atoms with van der Waals surface area (Å²) >= 11 is 0. The zero-order chi connectivity index (χ0) is 11.8. The Morgan fingerprint density at radius 1 is 1.38 bits per heavy atom. The summed E-state index contributed by atoms with van der Waals surface area (Å²) in [5.41, 5.74) is -0.165. The Kier molecular flexibility index (Phi) is 2.52. The van der Waals surface area contributed by atoms with Crippen LogP contribution in [0.4, 0.5) is 0 Å². The lowest BCUT2D eigenvalue weighted by molar-refractivity contribution is 0.602. The number of H-pyrrole nitrogens is 2. The van der Waals surface area contributed by atoms with Crippen LogP contribution in [0, 0.1) is 0 Å². The van der Waals surface area contributed by atoms with E-state index in [9.17, 15) is 13.2 Å². The van der Waals surface area contributed by atoms with E-state index < -0.39 is 14.2 Å². The first-order chi connectivity index (χ1) is 7.48. The van der Waals surface area contributed by atoms with E-state index in [4.69, 9.17) is 10.7 Å². The third-order valence-electron chi connectivity index (χ3n) is 1.76. The number of nitrogens with zero attached hydrogens (tertiary/aromatic N) is 2. The highest BCUT2D eigenvalue weighted by molar-refractivity contribution is 8.13. The van der Waals surface area contributed by atoms with Crippen LogP contribution in [0.15, 0.2) is 28.4 Å². The topological polar surface area (TPSA) is 109 Å². The second kappa shape index (κ2) is 3.72. The summed E-state index contributed by atoms with van der Waals surface area (Å²) in [5, 5.41) is 5.24. The minimum Gasteiger partial charge on any atom is -0.367 e. The molecule has 0 amide bonds. The van der Waals surface area contributed by atoms with Crippen molar-refractivity contribution in [2.45, 2.75) is 5.16 Å². The first-order valence-corrected chi connectivity index (χ1v) is 6.34. The van der Waals surface area contributed by atoms with Crippen LogP contribution in [0.3, 0.4) is 0 Å². The van der Waals surface area contributed by atoms with Gasteiger partial charge in [-0.1, -0.05) is 0 Å². The molecular formula is C7H5ClN4O3S. The van der Waals surface area contributed by atoms with Gasteiger partial charge in [-0.2, -0.15) is 10.1 Å². The normalized spacial score (nSPS) is 11.6. The van der Waals surface area contributed by atoms with Crippen molar-refractivity contribution in [3.63, 3.8) is 0 Å². The lowest BCUT2D eigenvalue weighted by Gasteiger charge is -1.90. The fourth-order valence-corrected chi connectivity index (χ4v) is 1.62. The van der Waals surface area contributed by atoms with Crippen LogP contribution < -0.4 is 5.43 Å². The average molecular weight is 261 g/mol. The van der Waals surface area contributed by atoms with Gasteiger partial charge in [-0.25, -0.2) is 13.5 Å². The van der Waals surface area contributed by atoms with Crippen LogP contribution in [-0.4, -0.2) is 28.6 Å². The van der Waals surface area contributed by atoms with Gasteiger partial charge in [-0.3, -0.25) is 4.79 Å². The van der Waals surface area contributed by atoms with E-state index in [1.165, 1.54) is 18.5 Å². The van der Waals surface area contributed by atoms with Crippen molar-refractivity contribution >= 4 is 19.7 Å². The van der Waals surface area contributed by atoms with Gasteiger partial charge >= 0.3 is 0 Å². The van der Waals surface area contributed by atoms with Crippen molar-refractivity contribution in [3.05, 3.63) is 28.7 Å². The Hall–Kier alpha value is -1.67. The lowest BCUT2D eigenvalue weighted by Crippen LogP contribution is -2.03. The Balaban J connectivity index is 2.56. The largest absolute Gasteiger partial charge is 0.367 e. The van der Waals surface area contributed by atoms with Crippen molar-refractivity contribution in [1.82, 2.24) is 20.2 Å². The van der Waals surface area contributed by atoms with Gasteiger partial charge in [0, 0.05) is 29.1 Å². The molecule has 16 heavy (non-hydrogen) atoms. The second-order valence-corrected chi connectivity index (χ2v) is 5.31. The maximum atomic E-state index is 11.4. The van der Waals surface area contributed by atoms with Crippen LogP contribution in [0.1, 0.15) is 0 Å². The van der Waals surface area contributed by atoms with E-state index in [1.54, 1.807) is 0 Å². The summed E-state index contributed by atoms with van der Waals surface area (Å²) in [4.78, 5) is 17.7. The Bertz CT molecular complexity index is 675. The molecular weight excluding hydrogens is 256 g/mol. The number of halogens is 1. The van der Waals surface area contributed by atoms with E-state index in [-0.39, 0.29) is 16.8 Å². The molecule has 0 atom stereocenters. The van der Waals surface area contributed by atoms with E-state index >= 15 is 0 Å². The van der Waals surface area contributed by atoms with E-state index in [0.29, 0.717) is 0 Å². The van der Waals surface area contributed by atoms with E-state index in [0.717, 1.165) is 0 Å². The van der Waals surface area contributed by atoms with Crippen molar-refractivity contribution in [3.8, 4) is 11.4 Å². The number of aromatic nitrogens is 4. The van der Waals surface area contributed by atoms with E-state index in [1.807, 2.05) is 0 Å². The first kappa shape index (κ1) is 10.8. The second-order valence-electron chi connectivity index (χ2n) is 2.82. The number of pyridine rings is 1. The molecule has 9 heteroatoms. The highest BCUT2D eigenvalue weighted by atomic mass is 35.7. The van der Waals surface area contributed by atoms with Gasteiger partial charge in [-0.05, 0) is 0 Å². The third kappa shape index (κ3) is 1.97. The minimum atomic E-state index is -3.97. The fourth-order valence-electron chi connectivity index (χ4n) is 1.07. The molecule has 2 aromatic heterocycles. The maximum Gasteiger partial charge on any atom is 0.296 e. The predicted octanol–water partition coefficient (Wildman–Crippen LogP) is 0.0875. The van der Waals surface area contributed by atoms with Gasteiger partial charge in [0.05, 0.1) is 5.56 Å². The molecule has 0 aliphatic rings. The van der Waals surface area contributed by atoms with Crippen LogP contribution >= 0.6 is 10.7 Å². The molecule has 2 rings (SSSR count). The highest BCUT2D eigenvalue weighted by Gasteiger charge is 2.17. The van der Waals surface area contributed by atoms with Crippen molar-refractivity contribution in [2.75, 3.05) is 0 Å². The number of nitrogens with one attached hydrogen (secondary N) is 2. The summed E-state index contributed by atoms with van der Waals surface area (Å²) in [5.74, 6) is -0.0268. The van der Waals surface area contributed by atoms with E-state index in [2.05, 4.69) is 20.2 Å². The number of hydrogen-bond donors (Lipinski definition) is 2. The summed E-state index contributed by atoms with van der Waals surface area (Å²) in [6.07, 6.45) is 2.81. The molecule has 0 aliphatic heterocycles. The van der Waals surface area contributed by atoms with Crippen molar-refractivity contribution < 1.29 is 8.42 Å². The van der Waals surface area contributed by atoms with Crippen molar-refractivity contribution in [2.24, 2.45) is 0 Å². The average Bonchev–Trinajstić information content (AvgIpc) is 2.66. The quantitative estimate of drug-likeness (QED) is 0.744. The van der Waals surface area contributed by atoms with Gasteiger partial charge in [-0.15, -0.1) is 0 Å². The van der Waals surface area contributed by atoms with Crippen LogP contribution in [0.5, 0.6) is 0 Å². The number of aromatic amines is 2. The minimum absolute atomic E-state index is 0.0268. The van der Waals surface area contributed by atoms with Crippen LogP contribution in [0.25, 0.3) is 11.4 Å². The zero-order valence-corrected chi connectivity index (χ0v) is 9.21. The number of hydrogen-bond acceptors (Lipinski definition) is 5. The molecule has 0 saturated carbocycles. The lowest BCUT2D eigenvalue weighted by atomic mass is 10.3. The molecule has 0 radical (unpaired) electrons. The molecule has 0 fully saturated rings. The molecule has 0 spiro atoms. The fraction of sp³-hybridized carbons (Fsp3) is 0. The SMILES string of the molecule is O=c1cc[nH]cc1-c1n[nH]c(S(=O)(=O)Cl)n1. The molecule has 84 valence electrons. The molecule has 0 unspecified atom stereocenters. The molecule has 0 aromatic carbocycles. The third-order valence-corrected chi connectivity index (χ3v) is 2.84. The van der Waals surface area contributed by atoms with Gasteiger partial charge < -0.3 is 4.98 Å². The summed E-state index contributed by atoms with van der Waals surface area (Å²) in [7, 11) is 1.08. The predicted molar refractivity (Wildman–Crippen MR) is 55.5 cm³/mol. The van der Waals surface area contributed by atoms with Crippen LogP contribution in [0.2, 0.25) is 0 Å². The van der Waals surface area contributed by atoms with Gasteiger partial charge in [0.1, 0.15) is 0 Å². The highest BCUT2D eigenvalue weighted by Crippen LogP contribution is 2.13. The Morgan fingerprint density at radius 2 is 2.12 bits per heavy atom. The molecule has 0 bridgehead atoms. The smallest absolute Gasteiger partial charge is 0.296 e.